The molecule has 1 amide bonds. The zero-order valence-corrected chi connectivity index (χ0v) is 10.6. The molecule has 1 unspecified atom stereocenters. The first-order valence-electron chi connectivity index (χ1n) is 5.78. The lowest BCUT2D eigenvalue weighted by Crippen LogP contribution is -2.32. The minimum absolute atomic E-state index is 0.0869. The molecule has 0 aromatic heterocycles. The van der Waals surface area contributed by atoms with E-state index in [1.807, 2.05) is 26.0 Å². The van der Waals surface area contributed by atoms with Gasteiger partial charge in [0.1, 0.15) is 0 Å². The first-order valence-corrected chi connectivity index (χ1v) is 5.78. The van der Waals surface area contributed by atoms with Gasteiger partial charge in [-0.15, -0.1) is 0 Å². The standard InChI is InChI=1S/C13H19NO3/c1-4-14(9-15)10(2)12-6-5-11(7-12)8-13(16)17-3/h5-6,9-10H,4,7-8H2,1-3H3. The number of hydrogen-bond donors (Lipinski definition) is 0. The van der Waals surface area contributed by atoms with Crippen molar-refractivity contribution in [3.05, 3.63) is 23.3 Å². The van der Waals surface area contributed by atoms with Crippen LogP contribution in [-0.2, 0) is 14.3 Å². The normalized spacial score (nSPS) is 15.9. The molecule has 0 fully saturated rings. The Balaban J connectivity index is 2.52. The summed E-state index contributed by atoms with van der Waals surface area (Å²) in [7, 11) is 1.39. The fourth-order valence-corrected chi connectivity index (χ4v) is 1.92. The van der Waals surface area contributed by atoms with Crippen LogP contribution < -0.4 is 0 Å². The number of allylic oxidation sites excluding steroid dienone is 2. The smallest absolute Gasteiger partial charge is 0.309 e. The van der Waals surface area contributed by atoms with E-state index in [9.17, 15) is 9.59 Å². The number of likely N-dealkylation sites (N-methyl/N-ethyl adjacent to an activating group) is 1. The Morgan fingerprint density at radius 1 is 1.59 bits per heavy atom. The molecule has 0 heterocycles. The summed E-state index contributed by atoms with van der Waals surface area (Å²) in [6, 6.07) is 0.0869. The van der Waals surface area contributed by atoms with Crippen molar-refractivity contribution in [1.82, 2.24) is 4.90 Å². The lowest BCUT2D eigenvalue weighted by molar-refractivity contribution is -0.139. The number of carbonyl (C=O) groups is 2. The Morgan fingerprint density at radius 3 is 2.82 bits per heavy atom. The molecule has 1 rings (SSSR count). The predicted octanol–water partition coefficient (Wildman–Crippen LogP) is 1.67. The SMILES string of the molecule is CCN(C=O)C(C)C1=CC=C(CC(=O)OC)C1. The van der Waals surface area contributed by atoms with Crippen LogP contribution in [0, 0.1) is 0 Å². The van der Waals surface area contributed by atoms with Gasteiger partial charge in [0.15, 0.2) is 0 Å². The first-order chi connectivity index (χ1) is 8.12. The molecule has 94 valence electrons. The fraction of sp³-hybridized carbons (Fsp3) is 0.538. The van der Waals surface area contributed by atoms with E-state index in [2.05, 4.69) is 4.74 Å². The molecule has 0 aliphatic heterocycles. The molecule has 4 nitrogen and oxygen atoms in total. The summed E-state index contributed by atoms with van der Waals surface area (Å²) in [4.78, 5) is 23.7. The molecular formula is C13H19NO3. The number of ether oxygens (including phenoxy) is 1. The van der Waals surface area contributed by atoms with Gasteiger partial charge in [-0.2, -0.15) is 0 Å². The van der Waals surface area contributed by atoms with E-state index < -0.39 is 0 Å². The molecule has 1 atom stereocenters. The van der Waals surface area contributed by atoms with Crippen molar-refractivity contribution in [3.8, 4) is 0 Å². The van der Waals surface area contributed by atoms with Crippen LogP contribution in [0.2, 0.25) is 0 Å². The third kappa shape index (κ3) is 3.44. The maximum absolute atomic E-state index is 11.1. The summed E-state index contributed by atoms with van der Waals surface area (Å²) in [5.41, 5.74) is 2.21. The van der Waals surface area contributed by atoms with E-state index >= 15 is 0 Å². The highest BCUT2D eigenvalue weighted by atomic mass is 16.5. The molecule has 0 saturated carbocycles. The van der Waals surface area contributed by atoms with Gasteiger partial charge in [-0.1, -0.05) is 17.7 Å². The van der Waals surface area contributed by atoms with Crippen molar-refractivity contribution >= 4 is 12.4 Å². The van der Waals surface area contributed by atoms with Gasteiger partial charge < -0.3 is 9.64 Å². The highest BCUT2D eigenvalue weighted by molar-refractivity contribution is 5.73. The Labute approximate surface area is 102 Å². The van der Waals surface area contributed by atoms with Crippen LogP contribution in [0.1, 0.15) is 26.7 Å². The third-order valence-corrected chi connectivity index (χ3v) is 3.10. The van der Waals surface area contributed by atoms with Crippen molar-refractivity contribution in [2.75, 3.05) is 13.7 Å². The zero-order valence-electron chi connectivity index (χ0n) is 10.6. The quantitative estimate of drug-likeness (QED) is 0.521. The predicted molar refractivity (Wildman–Crippen MR) is 65.3 cm³/mol. The molecule has 4 heteroatoms. The van der Waals surface area contributed by atoms with Crippen molar-refractivity contribution in [3.63, 3.8) is 0 Å². The summed E-state index contributed by atoms with van der Waals surface area (Å²) in [5.74, 6) is -0.221. The first kappa shape index (κ1) is 13.5. The second-order valence-corrected chi connectivity index (χ2v) is 4.11. The van der Waals surface area contributed by atoms with Gasteiger partial charge in [0.05, 0.1) is 19.6 Å². The van der Waals surface area contributed by atoms with Crippen LogP contribution in [0.25, 0.3) is 0 Å². The number of methoxy groups -OCH3 is 1. The number of amides is 1. The monoisotopic (exact) mass is 237 g/mol. The highest BCUT2D eigenvalue weighted by Gasteiger charge is 2.20. The molecule has 17 heavy (non-hydrogen) atoms. The minimum Gasteiger partial charge on any atom is -0.469 e. The van der Waals surface area contributed by atoms with Crippen molar-refractivity contribution in [2.45, 2.75) is 32.7 Å². The van der Waals surface area contributed by atoms with Crippen LogP contribution >= 0.6 is 0 Å². The topological polar surface area (TPSA) is 46.6 Å². The van der Waals surface area contributed by atoms with Crippen molar-refractivity contribution in [2.24, 2.45) is 0 Å². The van der Waals surface area contributed by atoms with Gasteiger partial charge in [0.25, 0.3) is 0 Å². The van der Waals surface area contributed by atoms with E-state index in [1.54, 1.807) is 4.90 Å². The van der Waals surface area contributed by atoms with Crippen LogP contribution in [-0.4, -0.2) is 37.0 Å². The van der Waals surface area contributed by atoms with Gasteiger partial charge in [-0.05, 0) is 25.8 Å². The second kappa shape index (κ2) is 6.23. The summed E-state index contributed by atoms with van der Waals surface area (Å²) in [6.07, 6.45) is 5.89. The number of nitrogens with zero attached hydrogens (tertiary/aromatic N) is 1. The van der Waals surface area contributed by atoms with E-state index in [-0.39, 0.29) is 12.0 Å². The molecule has 0 bridgehead atoms. The highest BCUT2D eigenvalue weighted by Crippen LogP contribution is 2.26. The number of rotatable bonds is 6. The lowest BCUT2D eigenvalue weighted by Gasteiger charge is -2.25. The fourth-order valence-electron chi connectivity index (χ4n) is 1.92. The average Bonchev–Trinajstić information content (AvgIpc) is 2.78. The zero-order chi connectivity index (χ0) is 12.8. The Hall–Kier alpha value is -1.58. The largest absolute Gasteiger partial charge is 0.469 e. The van der Waals surface area contributed by atoms with Crippen LogP contribution in [0.3, 0.4) is 0 Å². The Bertz CT molecular complexity index is 358. The lowest BCUT2D eigenvalue weighted by atomic mass is 10.0. The van der Waals surface area contributed by atoms with Crippen molar-refractivity contribution < 1.29 is 14.3 Å². The van der Waals surface area contributed by atoms with Gasteiger partial charge in [0.2, 0.25) is 6.41 Å². The van der Waals surface area contributed by atoms with Crippen LogP contribution in [0.4, 0.5) is 0 Å². The molecule has 0 aromatic rings. The van der Waals surface area contributed by atoms with Crippen LogP contribution in [0.15, 0.2) is 23.3 Å². The maximum Gasteiger partial charge on any atom is 0.309 e. The molecule has 0 N–H and O–H groups in total. The van der Waals surface area contributed by atoms with Gasteiger partial charge in [-0.3, -0.25) is 9.59 Å². The van der Waals surface area contributed by atoms with E-state index in [0.717, 1.165) is 24.0 Å². The molecule has 0 radical (unpaired) electrons. The molecule has 1 aliphatic rings. The van der Waals surface area contributed by atoms with Crippen LogP contribution in [0.5, 0.6) is 0 Å². The average molecular weight is 237 g/mol. The molecular weight excluding hydrogens is 218 g/mol. The molecule has 0 saturated heterocycles. The Kier molecular flexibility index (Phi) is 4.94. The van der Waals surface area contributed by atoms with E-state index in [0.29, 0.717) is 13.0 Å². The van der Waals surface area contributed by atoms with Gasteiger partial charge in [-0.25, -0.2) is 0 Å². The summed E-state index contributed by atoms with van der Waals surface area (Å²) in [6.45, 7) is 4.64. The third-order valence-electron chi connectivity index (χ3n) is 3.10. The number of hydrogen-bond acceptors (Lipinski definition) is 3. The maximum atomic E-state index is 11.1. The molecule has 0 aromatic carbocycles. The second-order valence-electron chi connectivity index (χ2n) is 4.11. The summed E-state index contributed by atoms with van der Waals surface area (Å²) >= 11 is 0. The molecule has 1 aliphatic carbocycles. The van der Waals surface area contributed by atoms with Gasteiger partial charge in [0, 0.05) is 6.54 Å². The van der Waals surface area contributed by atoms with E-state index in [4.69, 9.17) is 0 Å². The molecule has 0 spiro atoms. The van der Waals surface area contributed by atoms with E-state index in [1.165, 1.54) is 7.11 Å². The Morgan fingerprint density at radius 2 is 2.29 bits per heavy atom. The number of carbonyl (C=O) groups excluding carboxylic acids is 2. The van der Waals surface area contributed by atoms with Gasteiger partial charge >= 0.3 is 5.97 Å². The number of esters is 1. The van der Waals surface area contributed by atoms with Crippen molar-refractivity contribution in [1.29, 1.82) is 0 Å². The minimum atomic E-state index is -0.221. The summed E-state index contributed by atoms with van der Waals surface area (Å²) in [5, 5.41) is 0. The summed E-state index contributed by atoms with van der Waals surface area (Å²) < 4.78 is 4.63.